The first-order valence-electron chi connectivity index (χ1n) is 3.52. The molecule has 0 amide bonds. The molecule has 2 nitrogen and oxygen atoms in total. The highest BCUT2D eigenvalue weighted by Crippen LogP contribution is 2.40. The fourth-order valence-corrected chi connectivity index (χ4v) is 1.91. The average molecular weight is 184 g/mol. The number of thiazole rings is 1. The summed E-state index contributed by atoms with van der Waals surface area (Å²) in [5.74, 6) is 0.703. The van der Waals surface area contributed by atoms with Crippen molar-refractivity contribution < 1.29 is 0 Å². The van der Waals surface area contributed by atoms with Gasteiger partial charge >= 0.3 is 0 Å². The second kappa shape index (κ2) is 2.53. The van der Waals surface area contributed by atoms with Gasteiger partial charge in [0.2, 0.25) is 0 Å². The highest BCUT2D eigenvalue weighted by molar-refractivity contribution is 7.81. The topological polar surface area (TPSA) is 38.9 Å². The summed E-state index contributed by atoms with van der Waals surface area (Å²) >= 11 is 6.36. The monoisotopic (exact) mass is 184 g/mol. The van der Waals surface area contributed by atoms with E-state index in [0.717, 1.165) is 5.01 Å². The molecule has 58 valence electrons. The molecule has 0 spiro atoms. The molecular weight excluding hydrogens is 176 g/mol. The van der Waals surface area contributed by atoms with Gasteiger partial charge in [-0.1, -0.05) is 12.2 Å². The van der Waals surface area contributed by atoms with Crippen molar-refractivity contribution in [2.24, 2.45) is 5.73 Å². The first kappa shape index (κ1) is 7.18. The molecule has 1 heterocycles. The van der Waals surface area contributed by atoms with Gasteiger partial charge in [0.1, 0.15) is 4.99 Å². The Morgan fingerprint density at radius 3 is 2.91 bits per heavy atom. The maximum absolute atomic E-state index is 5.43. The summed E-state index contributed by atoms with van der Waals surface area (Å²) in [6.07, 6.45) is 2.56. The number of nitrogens with two attached hydrogens (primary N) is 1. The lowest BCUT2D eigenvalue weighted by molar-refractivity contribution is 1.05. The van der Waals surface area contributed by atoms with Gasteiger partial charge in [0.15, 0.2) is 5.01 Å². The van der Waals surface area contributed by atoms with Crippen LogP contribution >= 0.6 is 23.6 Å². The van der Waals surface area contributed by atoms with Gasteiger partial charge in [0.05, 0.1) is 5.69 Å². The molecule has 1 aliphatic rings. The third kappa shape index (κ3) is 1.41. The Morgan fingerprint density at radius 2 is 2.45 bits per heavy atom. The van der Waals surface area contributed by atoms with E-state index in [4.69, 9.17) is 18.0 Å². The van der Waals surface area contributed by atoms with Crippen LogP contribution in [0.4, 0.5) is 0 Å². The third-order valence-electron chi connectivity index (χ3n) is 1.73. The van der Waals surface area contributed by atoms with Crippen LogP contribution in [-0.2, 0) is 0 Å². The van der Waals surface area contributed by atoms with Crippen molar-refractivity contribution in [3.63, 3.8) is 0 Å². The van der Waals surface area contributed by atoms with Crippen molar-refractivity contribution in [3.05, 3.63) is 16.1 Å². The van der Waals surface area contributed by atoms with Crippen LogP contribution in [0, 0.1) is 0 Å². The van der Waals surface area contributed by atoms with Crippen LogP contribution in [0.15, 0.2) is 5.38 Å². The number of nitrogens with zero attached hydrogens (tertiary/aromatic N) is 1. The number of aromatic nitrogens is 1. The number of hydrogen-bond donors (Lipinski definition) is 1. The lowest BCUT2D eigenvalue weighted by Gasteiger charge is -1.87. The van der Waals surface area contributed by atoms with E-state index < -0.39 is 0 Å². The van der Waals surface area contributed by atoms with E-state index in [1.54, 1.807) is 11.3 Å². The fourth-order valence-electron chi connectivity index (χ4n) is 0.966. The van der Waals surface area contributed by atoms with Gasteiger partial charge in [0.25, 0.3) is 0 Å². The quantitative estimate of drug-likeness (QED) is 0.710. The van der Waals surface area contributed by atoms with Crippen molar-refractivity contribution in [3.8, 4) is 0 Å². The molecule has 0 aliphatic heterocycles. The molecule has 4 heteroatoms. The van der Waals surface area contributed by atoms with Gasteiger partial charge in [-0.15, -0.1) is 11.3 Å². The predicted octanol–water partition coefficient (Wildman–Crippen LogP) is 1.65. The molecule has 1 fully saturated rings. The average Bonchev–Trinajstić information content (AvgIpc) is 2.68. The first-order chi connectivity index (χ1) is 5.27. The Hall–Kier alpha value is -0.480. The Labute approximate surface area is 74.4 Å². The second-order valence-corrected chi connectivity index (χ2v) is 4.01. The molecule has 1 aromatic rings. The molecule has 0 aromatic carbocycles. The van der Waals surface area contributed by atoms with E-state index in [0.29, 0.717) is 10.9 Å². The predicted molar refractivity (Wildman–Crippen MR) is 50.0 cm³/mol. The van der Waals surface area contributed by atoms with Gasteiger partial charge in [-0.25, -0.2) is 4.98 Å². The normalized spacial score (nSPS) is 16.7. The summed E-state index contributed by atoms with van der Waals surface area (Å²) in [7, 11) is 0. The maximum atomic E-state index is 5.43. The smallest absolute Gasteiger partial charge is 0.150 e. The SMILES string of the molecule is NC(=S)c1nc(C2CC2)cs1. The molecule has 11 heavy (non-hydrogen) atoms. The van der Waals surface area contributed by atoms with Gasteiger partial charge < -0.3 is 5.73 Å². The van der Waals surface area contributed by atoms with E-state index in [1.807, 2.05) is 0 Å². The van der Waals surface area contributed by atoms with E-state index >= 15 is 0 Å². The molecule has 0 atom stereocenters. The summed E-state index contributed by atoms with van der Waals surface area (Å²) in [5, 5.41) is 2.87. The minimum absolute atomic E-state index is 0.418. The first-order valence-corrected chi connectivity index (χ1v) is 4.81. The molecule has 0 bridgehead atoms. The summed E-state index contributed by atoms with van der Waals surface area (Å²) in [4.78, 5) is 4.74. The van der Waals surface area contributed by atoms with Crippen molar-refractivity contribution >= 4 is 28.5 Å². The minimum atomic E-state index is 0.418. The summed E-state index contributed by atoms with van der Waals surface area (Å²) < 4.78 is 0. The zero-order valence-corrected chi connectivity index (χ0v) is 7.54. The van der Waals surface area contributed by atoms with E-state index in [-0.39, 0.29) is 0 Å². The van der Waals surface area contributed by atoms with Gasteiger partial charge in [0, 0.05) is 11.3 Å². The molecule has 1 saturated carbocycles. The van der Waals surface area contributed by atoms with Crippen LogP contribution in [-0.4, -0.2) is 9.97 Å². The van der Waals surface area contributed by atoms with Crippen molar-refractivity contribution in [2.75, 3.05) is 0 Å². The zero-order chi connectivity index (χ0) is 7.84. The molecule has 1 aromatic heterocycles. The Balaban J connectivity index is 2.25. The van der Waals surface area contributed by atoms with Crippen LogP contribution < -0.4 is 5.73 Å². The van der Waals surface area contributed by atoms with Gasteiger partial charge in [-0.05, 0) is 12.8 Å². The van der Waals surface area contributed by atoms with Crippen LogP contribution in [0.1, 0.15) is 29.5 Å². The van der Waals surface area contributed by atoms with Gasteiger partial charge in [-0.3, -0.25) is 0 Å². The Kier molecular flexibility index (Phi) is 1.65. The van der Waals surface area contributed by atoms with Crippen LogP contribution in [0.3, 0.4) is 0 Å². The highest BCUT2D eigenvalue weighted by atomic mass is 32.1. The van der Waals surface area contributed by atoms with Crippen molar-refractivity contribution in [2.45, 2.75) is 18.8 Å². The Bertz CT molecular complexity index is 288. The number of rotatable bonds is 2. The minimum Gasteiger partial charge on any atom is -0.387 e. The molecule has 2 N–H and O–H groups in total. The van der Waals surface area contributed by atoms with Crippen LogP contribution in [0.25, 0.3) is 0 Å². The summed E-state index contributed by atoms with van der Waals surface area (Å²) in [6, 6.07) is 0. The lowest BCUT2D eigenvalue weighted by atomic mass is 10.3. The molecule has 0 radical (unpaired) electrons. The largest absolute Gasteiger partial charge is 0.387 e. The molecular formula is C7H8N2S2. The summed E-state index contributed by atoms with van der Waals surface area (Å²) in [6.45, 7) is 0. The van der Waals surface area contributed by atoms with Crippen molar-refractivity contribution in [1.29, 1.82) is 0 Å². The molecule has 2 rings (SSSR count). The maximum Gasteiger partial charge on any atom is 0.150 e. The van der Waals surface area contributed by atoms with Gasteiger partial charge in [-0.2, -0.15) is 0 Å². The summed E-state index contributed by atoms with van der Waals surface area (Å²) in [5.41, 5.74) is 6.61. The highest BCUT2D eigenvalue weighted by Gasteiger charge is 2.26. The number of thiocarbonyl (C=S) groups is 1. The standard InChI is InChI=1S/C7H8N2S2/c8-6(10)7-9-5(3-11-7)4-1-2-4/h3-4H,1-2H2,(H2,8,10). The molecule has 1 aliphatic carbocycles. The molecule has 0 saturated heterocycles. The number of hydrogen-bond acceptors (Lipinski definition) is 3. The van der Waals surface area contributed by atoms with Crippen LogP contribution in [0.2, 0.25) is 0 Å². The third-order valence-corrected chi connectivity index (χ3v) is 2.94. The van der Waals surface area contributed by atoms with E-state index in [9.17, 15) is 0 Å². The Morgan fingerprint density at radius 1 is 1.73 bits per heavy atom. The van der Waals surface area contributed by atoms with E-state index in [1.165, 1.54) is 18.5 Å². The lowest BCUT2D eigenvalue weighted by Crippen LogP contribution is -2.08. The van der Waals surface area contributed by atoms with Crippen molar-refractivity contribution in [1.82, 2.24) is 4.98 Å². The second-order valence-electron chi connectivity index (χ2n) is 2.72. The molecule has 0 unspecified atom stereocenters. The van der Waals surface area contributed by atoms with Crippen LogP contribution in [0.5, 0.6) is 0 Å². The fraction of sp³-hybridized carbons (Fsp3) is 0.429. The zero-order valence-electron chi connectivity index (χ0n) is 5.91. The van der Waals surface area contributed by atoms with E-state index in [2.05, 4.69) is 10.4 Å².